The zero-order valence-corrected chi connectivity index (χ0v) is 8.70. The molecule has 0 aromatic carbocycles. The Morgan fingerprint density at radius 3 is 2.71 bits per heavy atom. The van der Waals surface area contributed by atoms with E-state index in [4.69, 9.17) is 5.11 Å². The lowest BCUT2D eigenvalue weighted by molar-refractivity contribution is -0.136. The van der Waals surface area contributed by atoms with Crippen molar-refractivity contribution in [3.8, 4) is 0 Å². The molecule has 0 unspecified atom stereocenters. The fourth-order valence-electron chi connectivity index (χ4n) is 1.60. The van der Waals surface area contributed by atoms with Crippen molar-refractivity contribution >= 4 is 11.8 Å². The molecule has 2 rings (SSSR count). The maximum atomic E-state index is 9.37. The number of nitrogens with zero attached hydrogens (tertiary/aromatic N) is 2. The number of amidine groups is 1. The Kier molecular flexibility index (Phi) is 4.43. The van der Waals surface area contributed by atoms with Crippen molar-refractivity contribution in [2.75, 3.05) is 19.6 Å². The van der Waals surface area contributed by atoms with Gasteiger partial charge in [-0.2, -0.15) is 0 Å². The van der Waals surface area contributed by atoms with Crippen LogP contribution in [0.5, 0.6) is 0 Å². The van der Waals surface area contributed by atoms with Crippen molar-refractivity contribution in [2.24, 2.45) is 4.99 Å². The smallest absolute Gasteiger partial charge is 0.303 e. The van der Waals surface area contributed by atoms with E-state index >= 15 is 0 Å². The van der Waals surface area contributed by atoms with E-state index in [0.29, 0.717) is 0 Å². The monoisotopic (exact) mass is 198 g/mol. The van der Waals surface area contributed by atoms with E-state index in [1.54, 1.807) is 6.92 Å². The summed E-state index contributed by atoms with van der Waals surface area (Å²) < 4.78 is 0. The van der Waals surface area contributed by atoms with Gasteiger partial charge in [0.05, 0.1) is 5.84 Å². The van der Waals surface area contributed by atoms with Crippen LogP contribution in [0.15, 0.2) is 4.99 Å². The molecule has 0 saturated carbocycles. The van der Waals surface area contributed by atoms with Crippen molar-refractivity contribution in [1.82, 2.24) is 4.90 Å². The molecule has 1 fully saturated rings. The van der Waals surface area contributed by atoms with Crippen LogP contribution in [0.25, 0.3) is 0 Å². The van der Waals surface area contributed by atoms with Gasteiger partial charge >= 0.3 is 5.97 Å². The van der Waals surface area contributed by atoms with Gasteiger partial charge in [-0.25, -0.2) is 0 Å². The summed E-state index contributed by atoms with van der Waals surface area (Å²) in [6.07, 6.45) is 4.06. The molecule has 0 radical (unpaired) electrons. The number of carboxylic acid groups (broad SMARTS) is 1. The van der Waals surface area contributed by atoms with Crippen LogP contribution in [0.3, 0.4) is 0 Å². The Hall–Kier alpha value is -1.06. The first kappa shape index (κ1) is 11.0. The number of aliphatic imine (C=N–C) groups is 1. The largest absolute Gasteiger partial charge is 0.481 e. The Labute approximate surface area is 84.6 Å². The van der Waals surface area contributed by atoms with Gasteiger partial charge in [0.25, 0.3) is 0 Å². The van der Waals surface area contributed by atoms with Gasteiger partial charge in [-0.05, 0) is 12.8 Å². The van der Waals surface area contributed by atoms with Crippen LogP contribution in [0.2, 0.25) is 0 Å². The topological polar surface area (TPSA) is 52.9 Å². The standard InChI is InChI=1S/C7H12N2.C3H6O2/c1-3-7-8-4-2-6-9(7)5-1;1-2-3(4)5/h1-6H2;2H2,1H3,(H,4,5). The number of carbonyl (C=O) groups is 1. The first-order chi connectivity index (χ1) is 6.74. The van der Waals surface area contributed by atoms with Gasteiger partial charge in [-0.1, -0.05) is 6.92 Å². The molecule has 0 bridgehead atoms. The van der Waals surface area contributed by atoms with Crippen molar-refractivity contribution < 1.29 is 9.90 Å². The molecule has 2 aliphatic heterocycles. The average Bonchev–Trinajstić information content (AvgIpc) is 2.66. The SMILES string of the molecule is C1CN=C2CCCN2C1.CCC(=O)O. The molecule has 4 heteroatoms. The Bertz CT molecular complexity index is 226. The van der Waals surface area contributed by atoms with Gasteiger partial charge < -0.3 is 10.0 Å². The van der Waals surface area contributed by atoms with Crippen LogP contribution in [0.1, 0.15) is 32.6 Å². The summed E-state index contributed by atoms with van der Waals surface area (Å²) >= 11 is 0. The van der Waals surface area contributed by atoms with E-state index in [9.17, 15) is 4.79 Å². The van der Waals surface area contributed by atoms with E-state index < -0.39 is 5.97 Å². The molecule has 0 spiro atoms. The summed E-state index contributed by atoms with van der Waals surface area (Å²) in [5.41, 5.74) is 0. The third kappa shape index (κ3) is 3.36. The molecule has 0 aromatic heterocycles. The Morgan fingerprint density at radius 2 is 2.14 bits per heavy atom. The lowest BCUT2D eigenvalue weighted by Gasteiger charge is -2.21. The molecule has 0 amide bonds. The van der Waals surface area contributed by atoms with Crippen molar-refractivity contribution in [3.05, 3.63) is 0 Å². The van der Waals surface area contributed by atoms with Crippen LogP contribution in [0, 0.1) is 0 Å². The summed E-state index contributed by atoms with van der Waals surface area (Å²) in [7, 11) is 0. The van der Waals surface area contributed by atoms with Gasteiger partial charge in [0.2, 0.25) is 0 Å². The first-order valence-corrected chi connectivity index (χ1v) is 5.24. The number of fused-ring (bicyclic) bond motifs is 1. The molecule has 14 heavy (non-hydrogen) atoms. The molecular formula is C10H18N2O2. The second-order valence-electron chi connectivity index (χ2n) is 3.49. The zero-order valence-electron chi connectivity index (χ0n) is 8.70. The summed E-state index contributed by atoms with van der Waals surface area (Å²) in [4.78, 5) is 16.2. The van der Waals surface area contributed by atoms with Gasteiger partial charge in [-0.3, -0.25) is 9.79 Å². The fourth-order valence-corrected chi connectivity index (χ4v) is 1.60. The number of hydrogen-bond acceptors (Lipinski definition) is 3. The zero-order chi connectivity index (χ0) is 10.4. The quantitative estimate of drug-likeness (QED) is 0.692. The predicted octanol–water partition coefficient (Wildman–Crippen LogP) is 1.37. The normalized spacial score (nSPS) is 19.2. The highest BCUT2D eigenvalue weighted by Crippen LogP contribution is 2.14. The lowest BCUT2D eigenvalue weighted by Crippen LogP contribution is -2.29. The number of hydrogen-bond donors (Lipinski definition) is 1. The van der Waals surface area contributed by atoms with Crippen LogP contribution < -0.4 is 0 Å². The molecule has 1 saturated heterocycles. The highest BCUT2D eigenvalue weighted by atomic mass is 16.4. The van der Waals surface area contributed by atoms with Crippen LogP contribution in [-0.4, -0.2) is 41.4 Å². The summed E-state index contributed by atoms with van der Waals surface area (Å²) in [5.74, 6) is 0.631. The molecule has 2 aliphatic rings. The van der Waals surface area contributed by atoms with Gasteiger partial charge in [0.1, 0.15) is 0 Å². The van der Waals surface area contributed by atoms with E-state index in [2.05, 4.69) is 9.89 Å². The lowest BCUT2D eigenvalue weighted by atomic mass is 10.3. The second kappa shape index (κ2) is 5.62. The van der Waals surface area contributed by atoms with Crippen molar-refractivity contribution in [2.45, 2.75) is 32.6 Å². The van der Waals surface area contributed by atoms with Gasteiger partial charge in [0.15, 0.2) is 0 Å². The maximum absolute atomic E-state index is 9.37. The van der Waals surface area contributed by atoms with E-state index in [-0.39, 0.29) is 6.42 Å². The van der Waals surface area contributed by atoms with Gasteiger partial charge in [0, 0.05) is 32.5 Å². The molecular weight excluding hydrogens is 180 g/mol. The minimum absolute atomic E-state index is 0.222. The van der Waals surface area contributed by atoms with E-state index in [1.807, 2.05) is 0 Å². The third-order valence-electron chi connectivity index (χ3n) is 2.38. The summed E-state index contributed by atoms with van der Waals surface area (Å²) in [5, 5.41) is 7.72. The van der Waals surface area contributed by atoms with Crippen molar-refractivity contribution in [3.63, 3.8) is 0 Å². The molecule has 0 aliphatic carbocycles. The molecule has 0 atom stereocenters. The third-order valence-corrected chi connectivity index (χ3v) is 2.38. The number of carboxylic acids is 1. The molecule has 0 aromatic rings. The minimum atomic E-state index is -0.745. The Morgan fingerprint density at radius 1 is 1.50 bits per heavy atom. The molecule has 1 N–H and O–H groups in total. The first-order valence-electron chi connectivity index (χ1n) is 5.24. The van der Waals surface area contributed by atoms with E-state index in [1.165, 1.54) is 38.2 Å². The second-order valence-corrected chi connectivity index (χ2v) is 3.49. The fraction of sp³-hybridized carbons (Fsp3) is 0.800. The number of rotatable bonds is 1. The minimum Gasteiger partial charge on any atom is -0.481 e. The summed E-state index contributed by atoms with van der Waals surface area (Å²) in [6, 6.07) is 0. The van der Waals surface area contributed by atoms with Crippen LogP contribution >= 0.6 is 0 Å². The highest BCUT2D eigenvalue weighted by molar-refractivity contribution is 5.84. The molecule has 2 heterocycles. The Balaban J connectivity index is 0.000000171. The van der Waals surface area contributed by atoms with Crippen molar-refractivity contribution in [1.29, 1.82) is 0 Å². The predicted molar refractivity (Wildman–Crippen MR) is 55.7 cm³/mol. The van der Waals surface area contributed by atoms with Gasteiger partial charge in [-0.15, -0.1) is 0 Å². The van der Waals surface area contributed by atoms with Crippen LogP contribution in [-0.2, 0) is 4.79 Å². The maximum Gasteiger partial charge on any atom is 0.303 e. The average molecular weight is 198 g/mol. The molecule has 4 nitrogen and oxygen atoms in total. The summed E-state index contributed by atoms with van der Waals surface area (Å²) in [6.45, 7) is 5.20. The highest BCUT2D eigenvalue weighted by Gasteiger charge is 2.19. The van der Waals surface area contributed by atoms with Crippen LogP contribution in [0.4, 0.5) is 0 Å². The number of aliphatic carboxylic acids is 1. The van der Waals surface area contributed by atoms with E-state index in [0.717, 1.165) is 6.54 Å². The molecule has 80 valence electrons.